The molecule has 0 atom stereocenters. The number of carbonyl (C=O) groups excluding carboxylic acids is 1. The van der Waals surface area contributed by atoms with Crippen molar-refractivity contribution in [1.82, 2.24) is 18.7 Å². The fourth-order valence-corrected chi connectivity index (χ4v) is 5.58. The summed E-state index contributed by atoms with van der Waals surface area (Å²) in [5, 5.41) is 7.58. The zero-order valence-corrected chi connectivity index (χ0v) is 19.5. The molecule has 0 bridgehead atoms. The van der Waals surface area contributed by atoms with E-state index in [-0.39, 0.29) is 11.4 Å². The summed E-state index contributed by atoms with van der Waals surface area (Å²) < 4.78 is 29.8. The van der Waals surface area contributed by atoms with Crippen molar-refractivity contribution in [3.05, 3.63) is 70.3 Å². The number of hydrogen-bond donors (Lipinski definition) is 1. The molecule has 4 rings (SSSR count). The Morgan fingerprint density at radius 2 is 1.82 bits per heavy atom. The maximum atomic E-state index is 13.0. The smallest absolute Gasteiger partial charge is 0.251 e. The Bertz CT molecular complexity index is 1320. The highest BCUT2D eigenvalue weighted by Gasteiger charge is 2.25. The number of anilines is 1. The maximum absolute atomic E-state index is 13.0. The highest BCUT2D eigenvalue weighted by atomic mass is 32.2. The number of carbonyl (C=O) groups is 1. The molecule has 0 saturated heterocycles. The van der Waals surface area contributed by atoms with Crippen molar-refractivity contribution in [2.24, 2.45) is 0 Å². The molecule has 1 aromatic carbocycles. The number of rotatable bonds is 8. The summed E-state index contributed by atoms with van der Waals surface area (Å²) >= 11 is 0. The number of amides is 1. The van der Waals surface area contributed by atoms with Gasteiger partial charge in [0.25, 0.3) is 5.56 Å². The number of benzene rings is 1. The highest BCUT2D eigenvalue weighted by Crippen LogP contribution is 2.30. The fourth-order valence-electron chi connectivity index (χ4n) is 4.10. The van der Waals surface area contributed by atoms with Crippen molar-refractivity contribution in [2.75, 3.05) is 18.4 Å². The van der Waals surface area contributed by atoms with Gasteiger partial charge < -0.3 is 9.88 Å². The molecule has 33 heavy (non-hydrogen) atoms. The van der Waals surface area contributed by atoms with Crippen LogP contribution in [0.3, 0.4) is 0 Å². The first kappa shape index (κ1) is 22.9. The molecule has 3 aromatic rings. The Kier molecular flexibility index (Phi) is 6.48. The van der Waals surface area contributed by atoms with Gasteiger partial charge in [-0.15, -0.1) is 0 Å². The number of nitrogens with zero attached hydrogens (tertiary/aromatic N) is 4. The van der Waals surface area contributed by atoms with Crippen molar-refractivity contribution in [2.45, 2.75) is 44.6 Å². The van der Waals surface area contributed by atoms with Crippen LogP contribution >= 0.6 is 0 Å². The lowest BCUT2D eigenvalue weighted by Crippen LogP contribution is -2.33. The molecule has 0 radical (unpaired) electrons. The SMILES string of the molecule is CCN(CC)S(=O)(=O)c1ccc(=O)n(CC(=O)Nc2c3c(nn2-c2ccccc2)CCC3)c1. The van der Waals surface area contributed by atoms with E-state index in [4.69, 9.17) is 0 Å². The Hall–Kier alpha value is -3.24. The molecule has 174 valence electrons. The lowest BCUT2D eigenvalue weighted by Gasteiger charge is -2.19. The first-order chi connectivity index (χ1) is 15.8. The minimum absolute atomic E-state index is 0.0196. The molecule has 1 N–H and O–H groups in total. The summed E-state index contributed by atoms with van der Waals surface area (Å²) in [6.45, 7) is 3.81. The molecule has 2 aromatic heterocycles. The van der Waals surface area contributed by atoms with Gasteiger partial charge in [0, 0.05) is 30.9 Å². The first-order valence-corrected chi connectivity index (χ1v) is 12.5. The van der Waals surface area contributed by atoms with Gasteiger partial charge in [0.05, 0.1) is 16.3 Å². The van der Waals surface area contributed by atoms with Gasteiger partial charge in [0.1, 0.15) is 12.4 Å². The molecule has 0 aliphatic heterocycles. The predicted octanol–water partition coefficient (Wildman–Crippen LogP) is 2.19. The fraction of sp³-hybridized carbons (Fsp3) is 0.348. The first-order valence-electron chi connectivity index (χ1n) is 11.0. The summed E-state index contributed by atoms with van der Waals surface area (Å²) in [5.41, 5.74) is 2.33. The lowest BCUT2D eigenvalue weighted by molar-refractivity contribution is -0.116. The van der Waals surface area contributed by atoms with Crippen molar-refractivity contribution in [1.29, 1.82) is 0 Å². The van der Waals surface area contributed by atoms with Gasteiger partial charge in [-0.2, -0.15) is 9.40 Å². The molecule has 9 nitrogen and oxygen atoms in total. The molecule has 0 saturated carbocycles. The van der Waals surface area contributed by atoms with E-state index in [2.05, 4.69) is 10.4 Å². The standard InChI is InChI=1S/C23H27N5O4S/c1-3-27(4-2)33(31,32)18-13-14-22(30)26(15-18)16-21(29)24-23-19-11-8-12-20(19)25-28(23)17-9-6-5-7-10-17/h5-7,9-10,13-15H,3-4,8,11-12,16H2,1-2H3,(H,24,29). The Morgan fingerprint density at radius 1 is 1.09 bits per heavy atom. The molecule has 1 aliphatic carbocycles. The van der Waals surface area contributed by atoms with Crippen LogP contribution < -0.4 is 10.9 Å². The maximum Gasteiger partial charge on any atom is 0.251 e. The van der Waals surface area contributed by atoms with E-state index in [0.29, 0.717) is 18.9 Å². The Morgan fingerprint density at radius 3 is 2.52 bits per heavy atom. The van der Waals surface area contributed by atoms with Crippen LogP contribution in [0.25, 0.3) is 5.69 Å². The van der Waals surface area contributed by atoms with Crippen LogP contribution in [0.5, 0.6) is 0 Å². The number of sulfonamides is 1. The third kappa shape index (κ3) is 4.49. The number of aryl methyl sites for hydroxylation is 1. The van der Waals surface area contributed by atoms with Crippen molar-refractivity contribution >= 4 is 21.7 Å². The molecule has 0 spiro atoms. The van der Waals surface area contributed by atoms with Crippen LogP contribution in [0.15, 0.2) is 58.4 Å². The number of nitrogens with one attached hydrogen (secondary N) is 1. The normalized spacial score (nSPS) is 13.3. The summed E-state index contributed by atoms with van der Waals surface area (Å²) in [7, 11) is -3.75. The van der Waals surface area contributed by atoms with Gasteiger partial charge >= 0.3 is 0 Å². The number of fused-ring (bicyclic) bond motifs is 1. The van der Waals surface area contributed by atoms with Crippen molar-refractivity contribution in [3.8, 4) is 5.69 Å². The number of aromatic nitrogens is 3. The van der Waals surface area contributed by atoms with Crippen molar-refractivity contribution < 1.29 is 13.2 Å². The van der Waals surface area contributed by atoms with Crippen LogP contribution in [0.4, 0.5) is 5.82 Å². The van der Waals surface area contributed by atoms with Crippen LogP contribution in [0, 0.1) is 0 Å². The Balaban J connectivity index is 1.62. The molecular weight excluding hydrogens is 442 g/mol. The van der Waals surface area contributed by atoms with Crippen LogP contribution in [0.2, 0.25) is 0 Å². The van der Waals surface area contributed by atoms with Gasteiger partial charge in [-0.25, -0.2) is 13.1 Å². The third-order valence-electron chi connectivity index (χ3n) is 5.78. The topological polar surface area (TPSA) is 106 Å². The number of para-hydroxylation sites is 1. The van der Waals surface area contributed by atoms with Gasteiger partial charge in [-0.3, -0.25) is 9.59 Å². The van der Waals surface area contributed by atoms with Gasteiger partial charge in [-0.05, 0) is 37.5 Å². The zero-order valence-electron chi connectivity index (χ0n) is 18.7. The minimum Gasteiger partial charge on any atom is -0.309 e. The molecular formula is C23H27N5O4S. The van der Waals surface area contributed by atoms with E-state index in [1.54, 1.807) is 18.5 Å². The number of pyridine rings is 1. The summed E-state index contributed by atoms with van der Waals surface area (Å²) in [4.78, 5) is 25.3. The highest BCUT2D eigenvalue weighted by molar-refractivity contribution is 7.89. The quantitative estimate of drug-likeness (QED) is 0.544. The van der Waals surface area contributed by atoms with E-state index in [9.17, 15) is 18.0 Å². The van der Waals surface area contributed by atoms with Gasteiger partial charge in [0.15, 0.2) is 0 Å². The van der Waals surface area contributed by atoms with E-state index in [0.717, 1.165) is 40.8 Å². The van der Waals surface area contributed by atoms with Crippen LogP contribution in [0.1, 0.15) is 31.5 Å². The molecule has 10 heteroatoms. The summed E-state index contributed by atoms with van der Waals surface area (Å²) in [6, 6.07) is 12.0. The predicted molar refractivity (Wildman–Crippen MR) is 125 cm³/mol. The minimum atomic E-state index is -3.75. The second-order valence-electron chi connectivity index (χ2n) is 7.84. The monoisotopic (exact) mass is 469 g/mol. The summed E-state index contributed by atoms with van der Waals surface area (Å²) in [6.07, 6.45) is 3.87. The Labute approximate surface area is 192 Å². The van der Waals surface area contributed by atoms with E-state index >= 15 is 0 Å². The average Bonchev–Trinajstić information content (AvgIpc) is 3.39. The van der Waals surface area contributed by atoms with E-state index in [1.807, 2.05) is 30.3 Å². The molecule has 0 unspecified atom stereocenters. The largest absolute Gasteiger partial charge is 0.309 e. The van der Waals surface area contributed by atoms with Gasteiger partial charge in [0.2, 0.25) is 15.9 Å². The van der Waals surface area contributed by atoms with Gasteiger partial charge in [-0.1, -0.05) is 32.0 Å². The summed E-state index contributed by atoms with van der Waals surface area (Å²) in [5.74, 6) is 0.167. The van der Waals surface area contributed by atoms with Crippen molar-refractivity contribution in [3.63, 3.8) is 0 Å². The van der Waals surface area contributed by atoms with E-state index in [1.165, 1.54) is 22.6 Å². The van der Waals surface area contributed by atoms with Crippen LogP contribution in [-0.2, 0) is 34.2 Å². The molecule has 1 amide bonds. The zero-order chi connectivity index (χ0) is 23.6. The number of hydrogen-bond acceptors (Lipinski definition) is 5. The molecule has 2 heterocycles. The average molecular weight is 470 g/mol. The second-order valence-corrected chi connectivity index (χ2v) is 9.78. The van der Waals surface area contributed by atoms with E-state index < -0.39 is 21.5 Å². The lowest BCUT2D eigenvalue weighted by atomic mass is 10.2. The molecule has 0 fully saturated rings. The van der Waals surface area contributed by atoms with Crippen LogP contribution in [-0.4, -0.2) is 46.1 Å². The molecule has 1 aliphatic rings. The second kappa shape index (κ2) is 9.32. The third-order valence-corrected chi connectivity index (χ3v) is 7.81.